The van der Waals surface area contributed by atoms with Crippen LogP contribution in [0.4, 0.5) is 13.2 Å². The third-order valence-electron chi connectivity index (χ3n) is 4.06. The first kappa shape index (κ1) is 20.5. The molecular formula is C16H19F3N2O4. The summed E-state index contributed by atoms with van der Waals surface area (Å²) in [6.07, 6.45) is -4.49. The average Bonchev–Trinajstić information content (AvgIpc) is 2.55. The molecule has 9 heteroatoms. The van der Waals surface area contributed by atoms with Crippen LogP contribution in [-0.2, 0) is 27.1 Å². The molecule has 0 aromatic heterocycles. The van der Waals surface area contributed by atoms with Gasteiger partial charge in [0.25, 0.3) is 6.47 Å². The van der Waals surface area contributed by atoms with Crippen LogP contribution < -0.4 is 0 Å². The fourth-order valence-electron chi connectivity index (χ4n) is 2.55. The number of halogens is 3. The van der Waals surface area contributed by atoms with Gasteiger partial charge in [-0.15, -0.1) is 0 Å². The van der Waals surface area contributed by atoms with Crippen LogP contribution in [0.25, 0.3) is 0 Å². The molecule has 1 aromatic carbocycles. The molecule has 2 rings (SSSR count). The fourth-order valence-corrected chi connectivity index (χ4v) is 2.55. The van der Waals surface area contributed by atoms with E-state index in [2.05, 4.69) is 0 Å². The Morgan fingerprint density at radius 3 is 2.16 bits per heavy atom. The number of benzene rings is 1. The van der Waals surface area contributed by atoms with E-state index in [4.69, 9.17) is 9.90 Å². The van der Waals surface area contributed by atoms with Crippen molar-refractivity contribution in [2.45, 2.75) is 38.7 Å². The molecule has 1 aliphatic heterocycles. The molecule has 0 aliphatic carbocycles. The molecule has 0 unspecified atom stereocenters. The lowest BCUT2D eigenvalue weighted by molar-refractivity contribution is -0.159. The van der Waals surface area contributed by atoms with Gasteiger partial charge in [0.2, 0.25) is 11.8 Å². The van der Waals surface area contributed by atoms with Crippen molar-refractivity contribution in [1.29, 1.82) is 0 Å². The molecule has 25 heavy (non-hydrogen) atoms. The Balaban J connectivity index is 0.000000970. The lowest BCUT2D eigenvalue weighted by atomic mass is 10.0. The molecule has 1 fully saturated rings. The Morgan fingerprint density at radius 2 is 1.64 bits per heavy atom. The highest BCUT2D eigenvalue weighted by molar-refractivity contribution is 5.96. The van der Waals surface area contributed by atoms with Crippen LogP contribution in [-0.4, -0.2) is 52.3 Å². The summed E-state index contributed by atoms with van der Waals surface area (Å²) < 4.78 is 39.1. The fraction of sp³-hybridized carbons (Fsp3) is 0.438. The van der Waals surface area contributed by atoms with Gasteiger partial charge in [-0.25, -0.2) is 0 Å². The van der Waals surface area contributed by atoms with Gasteiger partial charge in [-0.2, -0.15) is 13.2 Å². The molecule has 2 amide bonds. The number of carbonyl (C=O) groups excluding carboxylic acids is 2. The number of hydrogen-bond acceptors (Lipinski definition) is 3. The van der Waals surface area contributed by atoms with Crippen molar-refractivity contribution >= 4 is 18.3 Å². The van der Waals surface area contributed by atoms with Crippen LogP contribution in [0.3, 0.4) is 0 Å². The number of carboxylic acid groups (broad SMARTS) is 1. The zero-order valence-electron chi connectivity index (χ0n) is 13.9. The van der Waals surface area contributed by atoms with E-state index in [0.29, 0.717) is 0 Å². The van der Waals surface area contributed by atoms with Gasteiger partial charge < -0.3 is 14.9 Å². The van der Waals surface area contributed by atoms with Crippen molar-refractivity contribution in [3.05, 3.63) is 35.4 Å². The number of amides is 2. The minimum absolute atomic E-state index is 0.0141. The number of hydrogen-bond donors (Lipinski definition) is 1. The number of alkyl halides is 3. The summed E-state index contributed by atoms with van der Waals surface area (Å²) >= 11 is 0. The monoisotopic (exact) mass is 360 g/mol. The first-order valence-corrected chi connectivity index (χ1v) is 7.36. The van der Waals surface area contributed by atoms with Gasteiger partial charge in [-0.3, -0.25) is 14.4 Å². The SMILES string of the molecule is C[C@H]1C(=O)N(Cc2ccccc2C(F)(F)F)[C@@H](C)C(=O)N1C.O=CO. The Bertz CT molecular complexity index is 649. The largest absolute Gasteiger partial charge is 0.483 e. The van der Waals surface area contributed by atoms with Gasteiger partial charge in [-0.1, -0.05) is 18.2 Å². The molecule has 0 saturated carbocycles. The summed E-state index contributed by atoms with van der Waals surface area (Å²) in [5.41, 5.74) is -0.797. The molecular weight excluding hydrogens is 341 g/mol. The number of piperazine rings is 1. The average molecular weight is 360 g/mol. The first-order chi connectivity index (χ1) is 11.6. The summed E-state index contributed by atoms with van der Waals surface area (Å²) in [5, 5.41) is 6.89. The lowest BCUT2D eigenvalue weighted by Crippen LogP contribution is -2.61. The summed E-state index contributed by atoms with van der Waals surface area (Å²) in [6, 6.07) is 3.63. The van der Waals surface area contributed by atoms with Crippen molar-refractivity contribution < 1.29 is 32.7 Å². The van der Waals surface area contributed by atoms with E-state index in [-0.39, 0.29) is 30.4 Å². The lowest BCUT2D eigenvalue weighted by Gasteiger charge is -2.41. The van der Waals surface area contributed by atoms with Crippen LogP contribution >= 0.6 is 0 Å². The smallest absolute Gasteiger partial charge is 0.416 e. The van der Waals surface area contributed by atoms with E-state index < -0.39 is 23.8 Å². The molecule has 1 aliphatic rings. The Labute approximate surface area is 142 Å². The van der Waals surface area contributed by atoms with Gasteiger partial charge in [0, 0.05) is 13.6 Å². The van der Waals surface area contributed by atoms with Crippen LogP contribution in [0.5, 0.6) is 0 Å². The van der Waals surface area contributed by atoms with E-state index in [1.54, 1.807) is 6.92 Å². The molecule has 1 heterocycles. The van der Waals surface area contributed by atoms with Crippen molar-refractivity contribution in [3.8, 4) is 0 Å². The number of likely N-dealkylation sites (N-methyl/N-ethyl adjacent to an activating group) is 1. The maximum Gasteiger partial charge on any atom is 0.416 e. The summed E-state index contributed by atoms with van der Waals surface area (Å²) in [4.78, 5) is 35.3. The Hall–Kier alpha value is -2.58. The number of nitrogens with zero attached hydrogens (tertiary/aromatic N) is 2. The van der Waals surface area contributed by atoms with Crippen LogP contribution in [0.2, 0.25) is 0 Å². The van der Waals surface area contributed by atoms with Gasteiger partial charge >= 0.3 is 6.18 Å². The molecule has 1 N–H and O–H groups in total. The van der Waals surface area contributed by atoms with E-state index >= 15 is 0 Å². The maximum absolute atomic E-state index is 13.0. The Morgan fingerprint density at radius 1 is 1.12 bits per heavy atom. The zero-order chi connectivity index (χ0) is 19.4. The molecule has 1 saturated heterocycles. The van der Waals surface area contributed by atoms with Crippen LogP contribution in [0.1, 0.15) is 25.0 Å². The second-order valence-electron chi connectivity index (χ2n) is 5.53. The predicted octanol–water partition coefficient (Wildman–Crippen LogP) is 1.98. The maximum atomic E-state index is 13.0. The predicted molar refractivity (Wildman–Crippen MR) is 82.4 cm³/mol. The Kier molecular flexibility index (Phi) is 6.55. The second-order valence-corrected chi connectivity index (χ2v) is 5.53. The van der Waals surface area contributed by atoms with E-state index in [0.717, 1.165) is 6.07 Å². The van der Waals surface area contributed by atoms with Gasteiger partial charge in [-0.05, 0) is 25.5 Å². The van der Waals surface area contributed by atoms with E-state index in [1.807, 2.05) is 0 Å². The summed E-state index contributed by atoms with van der Waals surface area (Å²) in [5.74, 6) is -0.636. The normalized spacial score (nSPS) is 20.9. The van der Waals surface area contributed by atoms with E-state index in [1.165, 1.54) is 42.0 Å². The van der Waals surface area contributed by atoms with Gasteiger partial charge in [0.15, 0.2) is 0 Å². The zero-order valence-corrected chi connectivity index (χ0v) is 13.9. The minimum Gasteiger partial charge on any atom is -0.483 e. The van der Waals surface area contributed by atoms with Crippen LogP contribution in [0, 0.1) is 0 Å². The third-order valence-corrected chi connectivity index (χ3v) is 4.06. The summed E-state index contributed by atoms with van der Waals surface area (Å²) in [6.45, 7) is 2.60. The molecule has 0 bridgehead atoms. The van der Waals surface area contributed by atoms with Crippen molar-refractivity contribution in [2.75, 3.05) is 7.05 Å². The van der Waals surface area contributed by atoms with Crippen molar-refractivity contribution in [3.63, 3.8) is 0 Å². The highest BCUT2D eigenvalue weighted by atomic mass is 19.4. The first-order valence-electron chi connectivity index (χ1n) is 7.36. The highest BCUT2D eigenvalue weighted by Gasteiger charge is 2.41. The van der Waals surface area contributed by atoms with Crippen molar-refractivity contribution in [1.82, 2.24) is 9.80 Å². The van der Waals surface area contributed by atoms with Gasteiger partial charge in [0.05, 0.1) is 5.56 Å². The molecule has 0 radical (unpaired) electrons. The number of rotatable bonds is 2. The minimum atomic E-state index is -4.49. The molecule has 138 valence electrons. The highest BCUT2D eigenvalue weighted by Crippen LogP contribution is 2.33. The second kappa shape index (κ2) is 8.00. The summed E-state index contributed by atoms with van der Waals surface area (Å²) in [7, 11) is 1.52. The molecule has 0 spiro atoms. The van der Waals surface area contributed by atoms with E-state index in [9.17, 15) is 22.8 Å². The third kappa shape index (κ3) is 4.49. The standard InChI is InChI=1S/C15H17F3N2O2.CH2O2/c1-9-14(22)20(10(2)13(21)19(9)3)8-11-6-4-5-7-12(11)15(16,17)18;2-1-3/h4-7,9-10H,8H2,1-3H3;1H,(H,2,3)/t9-,10-;/m0./s1. The number of carbonyl (C=O) groups is 3. The van der Waals surface area contributed by atoms with Crippen LogP contribution in [0.15, 0.2) is 24.3 Å². The topological polar surface area (TPSA) is 77.9 Å². The molecule has 1 aromatic rings. The molecule has 2 atom stereocenters. The molecule has 6 nitrogen and oxygen atoms in total. The van der Waals surface area contributed by atoms with Crippen molar-refractivity contribution in [2.24, 2.45) is 0 Å². The quantitative estimate of drug-likeness (QED) is 0.818. The van der Waals surface area contributed by atoms with Gasteiger partial charge in [0.1, 0.15) is 12.1 Å².